The number of rotatable bonds is 10. The first-order chi connectivity index (χ1) is 28.7. The van der Waals surface area contributed by atoms with E-state index in [0.29, 0.717) is 16.5 Å². The summed E-state index contributed by atoms with van der Waals surface area (Å²) >= 11 is 0. The van der Waals surface area contributed by atoms with E-state index in [9.17, 15) is 44.0 Å². The van der Waals surface area contributed by atoms with E-state index >= 15 is 0 Å². The quantitative estimate of drug-likeness (QED) is 0.0399. The van der Waals surface area contributed by atoms with Crippen LogP contribution in [-0.4, -0.2) is 79.8 Å². The van der Waals surface area contributed by atoms with Crippen molar-refractivity contribution in [2.24, 2.45) is 15.0 Å². The Morgan fingerprint density at radius 1 is 0.689 bits per heavy atom. The van der Waals surface area contributed by atoms with Crippen molar-refractivity contribution in [3.8, 4) is 5.95 Å². The maximum absolute atomic E-state index is 12.6. The van der Waals surface area contributed by atoms with E-state index in [1.54, 1.807) is 18.2 Å². The molecule has 4 aromatic carbocycles. The summed E-state index contributed by atoms with van der Waals surface area (Å²) in [6.45, 7) is 0. The zero-order chi connectivity index (χ0) is 43.9. The molecule has 7 aromatic rings. The van der Waals surface area contributed by atoms with E-state index < -0.39 is 51.7 Å². The summed E-state index contributed by atoms with van der Waals surface area (Å²) < 4.78 is 105. The highest BCUT2D eigenvalue weighted by molar-refractivity contribution is 7.86. The van der Waals surface area contributed by atoms with Gasteiger partial charge in [0.25, 0.3) is 36.0 Å². The number of pyridine rings is 1. The highest BCUT2D eigenvalue weighted by atomic mass is 32.2. The van der Waals surface area contributed by atoms with Crippen LogP contribution >= 0.6 is 0 Å². The third-order valence-corrected chi connectivity index (χ3v) is 10.9. The van der Waals surface area contributed by atoms with Gasteiger partial charge in [-0.05, 0) is 77.1 Å². The van der Waals surface area contributed by atoms with Gasteiger partial charge in [-0.3, -0.25) is 49.8 Å². The average molecular weight is 890 g/mol. The molecule has 0 aliphatic heterocycles. The van der Waals surface area contributed by atoms with Gasteiger partial charge in [-0.25, -0.2) is 19.5 Å². The molecule has 0 atom stereocenters. The number of nitrogens with zero attached hydrogens (tertiary/aromatic N) is 5. The van der Waals surface area contributed by atoms with Crippen molar-refractivity contribution in [2.45, 2.75) is 14.7 Å². The number of nitrogens with one attached hydrogen (secondary N) is 9. The molecule has 0 saturated heterocycles. The molecule has 0 aliphatic carbocycles. The van der Waals surface area contributed by atoms with Crippen LogP contribution in [0.2, 0.25) is 0 Å². The molecule has 0 unspecified atom stereocenters. The predicted octanol–water partition coefficient (Wildman–Crippen LogP) is 1.18. The van der Waals surface area contributed by atoms with Crippen LogP contribution in [0, 0.1) is 16.2 Å². The molecule has 312 valence electrons. The fourth-order valence-electron chi connectivity index (χ4n) is 5.71. The largest absolute Gasteiger partial charge is 0.493 e. The molecule has 7 rings (SSSR count). The zero-order valence-corrected chi connectivity index (χ0v) is 32.9. The number of aromatic nitrogens is 7. The lowest BCUT2D eigenvalue weighted by Gasteiger charge is -2.12. The minimum absolute atomic E-state index is 0.0128. The summed E-state index contributed by atoms with van der Waals surface area (Å²) in [5.74, 6) is -0.753. The van der Waals surface area contributed by atoms with E-state index in [1.165, 1.54) is 65.5 Å². The van der Waals surface area contributed by atoms with Gasteiger partial charge in [-0.2, -0.15) is 30.2 Å². The molecule has 3 aromatic heterocycles. The first kappa shape index (κ1) is 41.5. The van der Waals surface area contributed by atoms with Crippen LogP contribution in [0.3, 0.4) is 0 Å². The second-order valence-corrected chi connectivity index (χ2v) is 16.8. The molecule has 13 N–H and O–H groups in total. The number of anilines is 2. The minimum Gasteiger partial charge on any atom is -0.493 e. The lowest BCUT2D eigenvalue weighted by Crippen LogP contribution is -2.40. The molecule has 3 heterocycles. The van der Waals surface area contributed by atoms with Crippen molar-refractivity contribution in [1.29, 1.82) is 16.2 Å². The number of hydrogen-bond acceptors (Lipinski definition) is 14. The second-order valence-electron chi connectivity index (χ2n) is 12.6. The Kier molecular flexibility index (Phi) is 10.8. The number of aliphatic hydroxyl groups is 1. The molecule has 0 amide bonds. The van der Waals surface area contributed by atoms with Crippen molar-refractivity contribution >= 4 is 75.5 Å². The molecular weight excluding hydrogens is 861 g/mol. The van der Waals surface area contributed by atoms with Gasteiger partial charge in [-0.15, -0.1) is 0 Å². The smallest absolute Gasteiger partial charge is 0.407 e. The van der Waals surface area contributed by atoms with E-state index in [4.69, 9.17) is 16.2 Å². The number of fused-ring (bicyclic) bond motifs is 1. The van der Waals surface area contributed by atoms with E-state index in [0.717, 1.165) is 18.2 Å². The molecule has 24 nitrogen and oxygen atoms in total. The van der Waals surface area contributed by atoms with Crippen LogP contribution in [-0.2, 0) is 30.4 Å². The van der Waals surface area contributed by atoms with Gasteiger partial charge in [0, 0.05) is 11.1 Å². The topological polar surface area (TPSA) is 400 Å². The van der Waals surface area contributed by atoms with Crippen molar-refractivity contribution in [2.75, 3.05) is 5.32 Å². The second kappa shape index (κ2) is 15.8. The average Bonchev–Trinajstić information content (AvgIpc) is 3.17. The number of aliphatic hydroxyl groups excluding tert-OH is 1. The standard InChI is InChI=1S/C34H28N14O10S3/c35-28(49)18-4-2-12-48(16-18)34-45-30(37)44-33(47-34)41-25-11-6-19(14-27(25)61(56,57)58)38-24-10-7-20(15-26(24)60(53,54)55)39-31-42-29(36)43-32(46-31)40-23-5-1-3-17-13-21(59(50,51)52)8-9-22(17)23/h1-16,38H,(H11-,35,36,37,39,40,41,42,43,44,45,46,47,49,50,51,52,53,54,55,56,57,58)/p+1. The minimum atomic E-state index is -5.01. The lowest BCUT2D eigenvalue weighted by atomic mass is 10.1. The summed E-state index contributed by atoms with van der Waals surface area (Å²) in [5, 5.41) is 36.9. The highest BCUT2D eigenvalue weighted by Gasteiger charge is 2.21. The van der Waals surface area contributed by atoms with E-state index in [1.807, 2.05) is 0 Å². The third kappa shape index (κ3) is 9.62. The number of benzene rings is 4. The normalized spacial score (nSPS) is 13.1. The van der Waals surface area contributed by atoms with Crippen LogP contribution in [0.25, 0.3) is 16.7 Å². The Balaban J connectivity index is 1.24. The van der Waals surface area contributed by atoms with Crippen LogP contribution in [0.15, 0.2) is 127 Å². The van der Waals surface area contributed by atoms with E-state index in [-0.39, 0.29) is 61.6 Å². The van der Waals surface area contributed by atoms with Gasteiger partial charge in [0.05, 0.1) is 45.6 Å². The molecular formula is C34H29N14O10S3+. The van der Waals surface area contributed by atoms with Crippen LogP contribution in [0.4, 0.5) is 28.4 Å². The molecule has 0 aliphatic rings. The van der Waals surface area contributed by atoms with Crippen LogP contribution in [0.1, 0.15) is 5.56 Å². The summed E-state index contributed by atoms with van der Waals surface area (Å²) in [6.07, 6.45) is 2.82. The van der Waals surface area contributed by atoms with Gasteiger partial charge in [-0.1, -0.05) is 18.2 Å². The maximum atomic E-state index is 12.6. The van der Waals surface area contributed by atoms with Crippen LogP contribution < -0.4 is 38.0 Å². The first-order valence-corrected chi connectivity index (χ1v) is 21.2. The Hall–Kier alpha value is -7.69. The Bertz CT molecular complexity index is 3650. The molecule has 0 radical (unpaired) electrons. The number of hydrogen-bond donors (Lipinski definition) is 13. The summed E-state index contributed by atoms with van der Waals surface area (Å²) in [5.41, 5.74) is -1.33. The van der Waals surface area contributed by atoms with Gasteiger partial charge in [0.2, 0.25) is 22.8 Å². The molecule has 0 bridgehead atoms. The molecule has 0 spiro atoms. The zero-order valence-electron chi connectivity index (χ0n) is 30.4. The number of aromatic amines is 5. The lowest BCUT2D eigenvalue weighted by molar-refractivity contribution is -0.604. The Morgan fingerprint density at radius 3 is 2.10 bits per heavy atom. The predicted molar refractivity (Wildman–Crippen MR) is 210 cm³/mol. The fraction of sp³-hybridized carbons (Fsp3) is 0. The molecule has 0 fully saturated rings. The van der Waals surface area contributed by atoms with Crippen LogP contribution in [0.5, 0.6) is 0 Å². The molecule has 0 saturated carbocycles. The molecule has 27 heteroatoms. The van der Waals surface area contributed by atoms with Crippen molar-refractivity contribution in [1.82, 2.24) is 29.9 Å². The van der Waals surface area contributed by atoms with Gasteiger partial charge >= 0.3 is 11.6 Å². The maximum Gasteiger partial charge on any atom is 0.407 e. The Morgan fingerprint density at radius 2 is 1.39 bits per heavy atom. The van der Waals surface area contributed by atoms with Gasteiger partial charge < -0.3 is 10.4 Å². The SMILES string of the molecule is N=C(O)c1ccc[n+](-c2nc(=N)[nH]c(=Nc3ccc(Nc4ccc(N=c5[nH]c(=N)[nH]c(=Nc6cccc7cc(S(=O)(=O)O)ccc67)[nH]5)cc4S(=O)(=O)O)cc3S(=O)(=O)O)[nH]2)c1. The van der Waals surface area contributed by atoms with Crippen molar-refractivity contribution < 1.29 is 48.6 Å². The number of H-pyrrole nitrogens is 5. The summed E-state index contributed by atoms with van der Waals surface area (Å²) in [4.78, 5) is 28.4. The first-order valence-electron chi connectivity index (χ1n) is 16.9. The third-order valence-electron chi connectivity index (χ3n) is 8.32. The van der Waals surface area contributed by atoms with Gasteiger partial charge in [0.1, 0.15) is 9.79 Å². The molecule has 61 heavy (non-hydrogen) atoms. The van der Waals surface area contributed by atoms with Crippen molar-refractivity contribution in [3.63, 3.8) is 0 Å². The summed E-state index contributed by atoms with van der Waals surface area (Å²) in [7, 11) is -14.5. The summed E-state index contributed by atoms with van der Waals surface area (Å²) in [6, 6.07) is 18.5. The fourth-order valence-corrected chi connectivity index (χ4v) is 7.54. The Labute approximate surface area is 340 Å². The van der Waals surface area contributed by atoms with E-state index in [2.05, 4.69) is 50.2 Å². The monoisotopic (exact) mass is 889 g/mol. The highest BCUT2D eigenvalue weighted by Crippen LogP contribution is 2.33. The van der Waals surface area contributed by atoms with Crippen molar-refractivity contribution in [3.05, 3.63) is 131 Å². The van der Waals surface area contributed by atoms with Gasteiger partial charge in [0.15, 0.2) is 0 Å².